The molecule has 0 bridgehead atoms. The van der Waals surface area contributed by atoms with Crippen molar-refractivity contribution in [3.8, 4) is 22.6 Å². The third-order valence-corrected chi connectivity index (χ3v) is 7.32. The van der Waals surface area contributed by atoms with Crippen molar-refractivity contribution in [2.45, 2.75) is 0 Å². The summed E-state index contributed by atoms with van der Waals surface area (Å²) < 4.78 is 6.23. The van der Waals surface area contributed by atoms with E-state index in [0.717, 1.165) is 55.8 Å². The maximum Gasteiger partial charge on any atom is 0.151 e. The van der Waals surface area contributed by atoms with Crippen LogP contribution in [-0.4, -0.2) is 9.97 Å². The molecule has 0 saturated carbocycles. The number of hydrogen-bond donors (Lipinski definition) is 0. The monoisotopic (exact) mass is 487 g/mol. The summed E-state index contributed by atoms with van der Waals surface area (Å²) in [7, 11) is 0. The molecule has 0 amide bonds. The van der Waals surface area contributed by atoms with Crippen LogP contribution in [0.2, 0.25) is 0 Å². The van der Waals surface area contributed by atoms with Gasteiger partial charge in [0.1, 0.15) is 0 Å². The highest BCUT2D eigenvalue weighted by Gasteiger charge is 2.25. The van der Waals surface area contributed by atoms with Crippen LogP contribution in [0.25, 0.3) is 43.7 Å². The van der Waals surface area contributed by atoms with Gasteiger partial charge in [0.05, 0.1) is 22.4 Å². The molecule has 2 heterocycles. The Bertz CT molecular complexity index is 1950. The number of rotatable bonds is 2. The van der Waals surface area contributed by atoms with Crippen molar-refractivity contribution >= 4 is 49.6 Å². The first kappa shape index (κ1) is 20.9. The highest BCUT2D eigenvalue weighted by atomic mass is 16.5. The second-order valence-electron chi connectivity index (χ2n) is 9.48. The minimum Gasteiger partial charge on any atom is -0.453 e. The Balaban J connectivity index is 1.40. The average Bonchev–Trinajstić information content (AvgIpc) is 3.00. The van der Waals surface area contributed by atoms with Gasteiger partial charge < -0.3 is 9.64 Å². The quantitative estimate of drug-likeness (QED) is 0.228. The van der Waals surface area contributed by atoms with E-state index in [-0.39, 0.29) is 0 Å². The third-order valence-electron chi connectivity index (χ3n) is 7.32. The van der Waals surface area contributed by atoms with Crippen molar-refractivity contribution in [1.29, 1.82) is 0 Å². The van der Waals surface area contributed by atoms with E-state index in [0.29, 0.717) is 0 Å². The summed E-state index contributed by atoms with van der Waals surface area (Å²) in [6, 6.07) is 40.1. The Morgan fingerprint density at radius 2 is 1.05 bits per heavy atom. The molecule has 4 heteroatoms. The first-order valence-corrected chi connectivity index (χ1v) is 12.7. The van der Waals surface area contributed by atoms with E-state index in [2.05, 4.69) is 77.7 Å². The Labute approximate surface area is 219 Å². The fourth-order valence-corrected chi connectivity index (χ4v) is 5.60. The zero-order valence-electron chi connectivity index (χ0n) is 20.4. The summed E-state index contributed by atoms with van der Waals surface area (Å²) in [6.07, 6.45) is 3.56. The maximum atomic E-state index is 6.23. The number of fused-ring (bicyclic) bond motifs is 8. The van der Waals surface area contributed by atoms with Gasteiger partial charge in [-0.3, -0.25) is 9.97 Å². The lowest BCUT2D eigenvalue weighted by atomic mass is 9.95. The molecule has 8 rings (SSSR count). The molecule has 1 aromatic heterocycles. The zero-order chi connectivity index (χ0) is 25.1. The van der Waals surface area contributed by atoms with E-state index < -0.39 is 0 Å². The summed E-state index contributed by atoms with van der Waals surface area (Å²) in [6.45, 7) is 0. The predicted octanol–water partition coefficient (Wildman–Crippen LogP) is 9.18. The molecule has 0 N–H and O–H groups in total. The minimum absolute atomic E-state index is 0.836. The largest absolute Gasteiger partial charge is 0.453 e. The topological polar surface area (TPSA) is 38.2 Å². The van der Waals surface area contributed by atoms with Gasteiger partial charge in [0.15, 0.2) is 11.5 Å². The van der Waals surface area contributed by atoms with E-state index >= 15 is 0 Å². The molecule has 0 fully saturated rings. The smallest absolute Gasteiger partial charge is 0.151 e. The third kappa shape index (κ3) is 3.10. The molecule has 0 radical (unpaired) electrons. The van der Waals surface area contributed by atoms with Crippen LogP contribution in [0.5, 0.6) is 11.5 Å². The Hall–Kier alpha value is -5.22. The lowest BCUT2D eigenvalue weighted by Gasteiger charge is -2.33. The maximum absolute atomic E-state index is 6.23. The van der Waals surface area contributed by atoms with Crippen molar-refractivity contribution < 1.29 is 4.74 Å². The molecular weight excluding hydrogens is 466 g/mol. The SMILES string of the molecule is c1ccc(-c2ccc3c4ccc(N5c6ccccc6Oc6ccccc65)cc4c4nccnc4c3c2)cc1. The first-order chi connectivity index (χ1) is 18.8. The lowest BCUT2D eigenvalue weighted by Crippen LogP contribution is -2.15. The van der Waals surface area contributed by atoms with Crippen LogP contribution in [0.4, 0.5) is 17.1 Å². The molecule has 1 aliphatic rings. The molecule has 178 valence electrons. The molecule has 7 aromatic rings. The zero-order valence-corrected chi connectivity index (χ0v) is 20.4. The molecule has 0 spiro atoms. The number of para-hydroxylation sites is 4. The number of nitrogens with zero attached hydrogens (tertiary/aromatic N) is 3. The number of aromatic nitrogens is 2. The first-order valence-electron chi connectivity index (χ1n) is 12.7. The Morgan fingerprint density at radius 1 is 0.474 bits per heavy atom. The van der Waals surface area contributed by atoms with Crippen molar-refractivity contribution in [1.82, 2.24) is 9.97 Å². The molecule has 6 aromatic carbocycles. The fourth-order valence-electron chi connectivity index (χ4n) is 5.60. The van der Waals surface area contributed by atoms with Gasteiger partial charge in [0.2, 0.25) is 0 Å². The van der Waals surface area contributed by atoms with Crippen molar-refractivity contribution in [3.05, 3.63) is 128 Å². The summed E-state index contributed by atoms with van der Waals surface area (Å²) in [5.74, 6) is 1.67. The van der Waals surface area contributed by atoms with E-state index in [1.54, 1.807) is 12.4 Å². The van der Waals surface area contributed by atoms with Crippen LogP contribution >= 0.6 is 0 Å². The highest BCUT2D eigenvalue weighted by molar-refractivity contribution is 6.24. The fraction of sp³-hybridized carbons (Fsp3) is 0. The van der Waals surface area contributed by atoms with Crippen LogP contribution < -0.4 is 9.64 Å². The van der Waals surface area contributed by atoms with Gasteiger partial charge in [-0.1, -0.05) is 72.8 Å². The molecule has 1 aliphatic heterocycles. The average molecular weight is 488 g/mol. The van der Waals surface area contributed by atoms with Gasteiger partial charge >= 0.3 is 0 Å². The van der Waals surface area contributed by atoms with E-state index in [1.807, 2.05) is 42.5 Å². The summed E-state index contributed by atoms with van der Waals surface area (Å²) in [5, 5.41) is 4.51. The minimum atomic E-state index is 0.836. The molecule has 0 aliphatic carbocycles. The van der Waals surface area contributed by atoms with Gasteiger partial charge in [-0.05, 0) is 64.4 Å². The van der Waals surface area contributed by atoms with Gasteiger partial charge in [-0.2, -0.15) is 0 Å². The summed E-state index contributed by atoms with van der Waals surface area (Å²) >= 11 is 0. The van der Waals surface area contributed by atoms with Gasteiger partial charge in [0.25, 0.3) is 0 Å². The standard InChI is InChI=1S/C34H21N3O/c1-2-8-22(9-3-1)23-14-16-25-26-17-15-24(21-28(26)34-33(27(25)20-23)35-18-19-36-34)37-29-10-4-6-12-31(29)38-32-13-7-5-11-30(32)37/h1-21H. The second-order valence-corrected chi connectivity index (χ2v) is 9.48. The normalized spacial score (nSPS) is 12.4. The van der Waals surface area contributed by atoms with Crippen LogP contribution in [0.1, 0.15) is 0 Å². The molecule has 0 unspecified atom stereocenters. The van der Waals surface area contributed by atoms with Crippen LogP contribution in [0.3, 0.4) is 0 Å². The van der Waals surface area contributed by atoms with Crippen LogP contribution in [0, 0.1) is 0 Å². The van der Waals surface area contributed by atoms with Gasteiger partial charge in [-0.15, -0.1) is 0 Å². The lowest BCUT2D eigenvalue weighted by molar-refractivity contribution is 0.477. The van der Waals surface area contributed by atoms with Crippen molar-refractivity contribution in [3.63, 3.8) is 0 Å². The number of benzene rings is 6. The van der Waals surface area contributed by atoms with Crippen LogP contribution in [0.15, 0.2) is 128 Å². The number of anilines is 3. The highest BCUT2D eigenvalue weighted by Crippen LogP contribution is 2.50. The Morgan fingerprint density at radius 3 is 1.74 bits per heavy atom. The summed E-state index contributed by atoms with van der Waals surface area (Å²) in [4.78, 5) is 11.9. The van der Waals surface area contributed by atoms with Crippen molar-refractivity contribution in [2.24, 2.45) is 0 Å². The van der Waals surface area contributed by atoms with Crippen LogP contribution in [-0.2, 0) is 0 Å². The second kappa shape index (κ2) is 8.15. The number of hydrogen-bond acceptors (Lipinski definition) is 4. The number of ether oxygens (including phenoxy) is 1. The Kier molecular flexibility index (Phi) is 4.49. The molecule has 0 saturated heterocycles. The van der Waals surface area contributed by atoms with Gasteiger partial charge in [0, 0.05) is 28.9 Å². The molecule has 0 atom stereocenters. The van der Waals surface area contributed by atoms with E-state index in [9.17, 15) is 0 Å². The molecule has 4 nitrogen and oxygen atoms in total. The molecule has 38 heavy (non-hydrogen) atoms. The summed E-state index contributed by atoms with van der Waals surface area (Å²) in [5.41, 5.74) is 7.23. The predicted molar refractivity (Wildman–Crippen MR) is 155 cm³/mol. The van der Waals surface area contributed by atoms with E-state index in [1.165, 1.54) is 16.5 Å². The molecular formula is C34H21N3O. The van der Waals surface area contributed by atoms with Crippen molar-refractivity contribution in [2.75, 3.05) is 4.90 Å². The van der Waals surface area contributed by atoms with E-state index in [4.69, 9.17) is 14.7 Å². The van der Waals surface area contributed by atoms with Gasteiger partial charge in [-0.25, -0.2) is 0 Å².